The minimum absolute atomic E-state index is 0.0508. The van der Waals surface area contributed by atoms with Gasteiger partial charge in [0, 0.05) is 5.02 Å². The van der Waals surface area contributed by atoms with Gasteiger partial charge in [-0.05, 0) is 49.4 Å². The van der Waals surface area contributed by atoms with Crippen molar-refractivity contribution in [2.24, 2.45) is 11.8 Å². The third-order valence-electron chi connectivity index (χ3n) is 5.53. The number of hydrogen-bond acceptors (Lipinski definition) is 5. The summed E-state index contributed by atoms with van der Waals surface area (Å²) in [6.45, 7) is 1.45. The van der Waals surface area contributed by atoms with E-state index in [0.29, 0.717) is 22.7 Å². The molecular weight excluding hydrogens is 459 g/mol. The van der Waals surface area contributed by atoms with E-state index >= 15 is 0 Å². The molecule has 3 amide bonds. The molecule has 0 bridgehead atoms. The van der Waals surface area contributed by atoms with Crippen molar-refractivity contribution in [3.05, 3.63) is 67.8 Å². The normalized spacial score (nSPS) is 20.5. The SMILES string of the molecule is CC1=CC[C@@H]2C(=O)N(N(CC(=O)c3cccs3)C(=O)c3ccc(Cl)cc3Cl)C(=O)[C@H]2C1. The highest BCUT2D eigenvalue weighted by molar-refractivity contribution is 7.12. The van der Waals surface area contributed by atoms with Gasteiger partial charge < -0.3 is 0 Å². The Kier molecular flexibility index (Phi) is 6.01. The molecule has 0 N–H and O–H groups in total. The molecule has 2 atom stereocenters. The second-order valence-electron chi connectivity index (χ2n) is 7.58. The Morgan fingerprint density at radius 3 is 2.58 bits per heavy atom. The molecule has 2 aliphatic rings. The van der Waals surface area contributed by atoms with Crippen LogP contribution in [0.3, 0.4) is 0 Å². The van der Waals surface area contributed by atoms with Gasteiger partial charge in [0.05, 0.1) is 27.3 Å². The summed E-state index contributed by atoms with van der Waals surface area (Å²) in [5.41, 5.74) is 1.08. The van der Waals surface area contributed by atoms with E-state index in [1.54, 1.807) is 17.5 Å². The summed E-state index contributed by atoms with van der Waals surface area (Å²) >= 11 is 13.4. The lowest BCUT2D eigenvalue weighted by Gasteiger charge is -2.30. The van der Waals surface area contributed by atoms with E-state index in [1.165, 1.54) is 29.5 Å². The summed E-state index contributed by atoms with van der Waals surface area (Å²) in [4.78, 5) is 53.0. The Bertz CT molecular complexity index is 1110. The second-order valence-corrected chi connectivity index (χ2v) is 9.37. The van der Waals surface area contributed by atoms with Gasteiger partial charge in [-0.2, -0.15) is 5.01 Å². The molecule has 1 fully saturated rings. The molecule has 31 heavy (non-hydrogen) atoms. The molecule has 0 saturated carbocycles. The van der Waals surface area contributed by atoms with E-state index in [4.69, 9.17) is 23.2 Å². The van der Waals surface area contributed by atoms with Crippen molar-refractivity contribution >= 4 is 58.0 Å². The van der Waals surface area contributed by atoms with E-state index in [0.717, 1.165) is 15.6 Å². The average molecular weight is 477 g/mol. The van der Waals surface area contributed by atoms with Gasteiger partial charge >= 0.3 is 0 Å². The van der Waals surface area contributed by atoms with Crippen molar-refractivity contribution < 1.29 is 19.2 Å². The van der Waals surface area contributed by atoms with E-state index < -0.39 is 36.1 Å². The Morgan fingerprint density at radius 1 is 1.16 bits per heavy atom. The predicted molar refractivity (Wildman–Crippen MR) is 118 cm³/mol. The quantitative estimate of drug-likeness (QED) is 0.358. The standard InChI is InChI=1S/C22H18Cl2N2O4S/c1-12-4-6-14-16(9-12)22(30)26(21(14)29)25(11-18(27)19-3-2-8-31-19)20(28)15-7-5-13(23)10-17(15)24/h2-5,7-8,10,14,16H,6,9,11H2,1H3/t14-,16-/m0/s1. The van der Waals surface area contributed by atoms with Crippen molar-refractivity contribution in [3.63, 3.8) is 0 Å². The summed E-state index contributed by atoms with van der Waals surface area (Å²) in [5.74, 6) is -3.11. The van der Waals surface area contributed by atoms with Gasteiger partial charge in [0.15, 0.2) is 5.78 Å². The second kappa shape index (κ2) is 8.57. The zero-order valence-corrected chi connectivity index (χ0v) is 18.8. The van der Waals surface area contributed by atoms with E-state index in [2.05, 4.69) is 0 Å². The Labute approximate surface area is 193 Å². The number of carbonyl (C=O) groups excluding carboxylic acids is 4. The van der Waals surface area contributed by atoms with E-state index in [9.17, 15) is 19.2 Å². The summed E-state index contributed by atoms with van der Waals surface area (Å²) in [6, 6.07) is 7.65. The highest BCUT2D eigenvalue weighted by Crippen LogP contribution is 2.39. The zero-order valence-electron chi connectivity index (χ0n) is 16.5. The zero-order chi connectivity index (χ0) is 22.3. The van der Waals surface area contributed by atoms with Gasteiger partial charge in [0.2, 0.25) is 0 Å². The third-order valence-corrected chi connectivity index (χ3v) is 6.99. The van der Waals surface area contributed by atoms with Crippen molar-refractivity contribution in [1.82, 2.24) is 10.0 Å². The largest absolute Gasteiger partial charge is 0.291 e. The highest BCUT2D eigenvalue weighted by Gasteiger charge is 2.51. The molecular formula is C22H18Cl2N2O4S. The molecule has 1 aliphatic carbocycles. The number of fused-ring (bicyclic) bond motifs is 1. The van der Waals surface area contributed by atoms with Gasteiger partial charge in [-0.1, -0.05) is 40.9 Å². The number of allylic oxidation sites excluding steroid dienone is 2. The summed E-state index contributed by atoms with van der Waals surface area (Å²) in [5, 5.41) is 3.92. The number of hydrogen-bond donors (Lipinski definition) is 0. The minimum Gasteiger partial charge on any atom is -0.291 e. The first-order valence-corrected chi connectivity index (χ1v) is 11.3. The van der Waals surface area contributed by atoms with Crippen LogP contribution in [0.1, 0.15) is 39.8 Å². The number of thiophene rings is 1. The Hall–Kier alpha value is -2.48. The molecule has 0 spiro atoms. The van der Waals surface area contributed by atoms with Crippen LogP contribution in [-0.4, -0.2) is 40.1 Å². The van der Waals surface area contributed by atoms with Crippen molar-refractivity contribution in [2.45, 2.75) is 19.8 Å². The number of benzene rings is 1. The van der Waals surface area contributed by atoms with Crippen molar-refractivity contribution in [1.29, 1.82) is 0 Å². The van der Waals surface area contributed by atoms with Crippen LogP contribution in [0, 0.1) is 11.8 Å². The molecule has 160 valence electrons. The van der Waals surface area contributed by atoms with Crippen molar-refractivity contribution in [2.75, 3.05) is 6.54 Å². The van der Waals surface area contributed by atoms with Crippen LogP contribution in [0.15, 0.2) is 47.4 Å². The molecule has 9 heteroatoms. The fourth-order valence-electron chi connectivity index (χ4n) is 3.94. The first kappa shape index (κ1) is 21.7. The lowest BCUT2D eigenvalue weighted by Crippen LogP contribution is -2.52. The maximum absolute atomic E-state index is 13.4. The number of nitrogens with zero attached hydrogens (tertiary/aromatic N) is 2. The van der Waals surface area contributed by atoms with Gasteiger partial charge in [-0.15, -0.1) is 11.3 Å². The molecule has 1 saturated heterocycles. The van der Waals surface area contributed by atoms with Crippen molar-refractivity contribution in [3.8, 4) is 0 Å². The molecule has 4 rings (SSSR count). The van der Waals surface area contributed by atoms with Gasteiger partial charge in [-0.25, -0.2) is 5.01 Å². The van der Waals surface area contributed by atoms with Crippen LogP contribution >= 0.6 is 34.5 Å². The number of amides is 3. The van der Waals surface area contributed by atoms with Crippen LogP contribution in [0.4, 0.5) is 0 Å². The Balaban J connectivity index is 1.72. The maximum atomic E-state index is 13.4. The highest BCUT2D eigenvalue weighted by atomic mass is 35.5. The van der Waals surface area contributed by atoms with Crippen LogP contribution in [0.25, 0.3) is 0 Å². The molecule has 0 radical (unpaired) electrons. The topological polar surface area (TPSA) is 74.8 Å². The molecule has 1 aromatic carbocycles. The molecule has 6 nitrogen and oxygen atoms in total. The molecule has 0 unspecified atom stereocenters. The smallest absolute Gasteiger partial charge is 0.274 e. The van der Waals surface area contributed by atoms with E-state index in [1.807, 2.05) is 13.0 Å². The van der Waals surface area contributed by atoms with Crippen LogP contribution < -0.4 is 0 Å². The average Bonchev–Trinajstić information content (AvgIpc) is 3.34. The summed E-state index contributed by atoms with van der Waals surface area (Å²) < 4.78 is 0. The van der Waals surface area contributed by atoms with Crippen LogP contribution in [0.5, 0.6) is 0 Å². The number of hydrazine groups is 1. The number of rotatable bonds is 5. The first-order valence-electron chi connectivity index (χ1n) is 9.65. The molecule has 1 aliphatic heterocycles. The van der Waals surface area contributed by atoms with Crippen LogP contribution in [0.2, 0.25) is 10.0 Å². The fraction of sp³-hybridized carbons (Fsp3) is 0.273. The summed E-state index contributed by atoms with van der Waals surface area (Å²) in [6.07, 6.45) is 2.82. The van der Waals surface area contributed by atoms with Crippen LogP contribution in [-0.2, 0) is 9.59 Å². The maximum Gasteiger partial charge on any atom is 0.274 e. The summed E-state index contributed by atoms with van der Waals surface area (Å²) in [7, 11) is 0. The van der Waals surface area contributed by atoms with Gasteiger partial charge in [0.25, 0.3) is 17.7 Å². The molecule has 2 heterocycles. The number of ketones is 1. The minimum atomic E-state index is -0.711. The lowest BCUT2D eigenvalue weighted by atomic mass is 9.82. The van der Waals surface area contributed by atoms with Gasteiger partial charge in [-0.3, -0.25) is 19.2 Å². The monoisotopic (exact) mass is 476 g/mol. The number of Topliss-reactive ketones (excluding diaryl/α,β-unsaturated/α-hetero) is 1. The van der Waals surface area contributed by atoms with Gasteiger partial charge in [0.1, 0.15) is 6.54 Å². The predicted octanol–water partition coefficient (Wildman–Crippen LogP) is 4.64. The number of imide groups is 1. The molecule has 1 aromatic heterocycles. The first-order chi connectivity index (χ1) is 14.8. The Morgan fingerprint density at radius 2 is 1.90 bits per heavy atom. The number of carbonyl (C=O) groups is 4. The van der Waals surface area contributed by atoms with E-state index in [-0.39, 0.29) is 16.4 Å². The molecule has 2 aromatic rings. The fourth-order valence-corrected chi connectivity index (χ4v) is 5.09. The number of halogens is 2. The lowest BCUT2D eigenvalue weighted by molar-refractivity contribution is -0.154. The third kappa shape index (κ3) is 4.05.